The van der Waals surface area contributed by atoms with Gasteiger partial charge in [0.05, 0.1) is 10.6 Å². The Bertz CT molecular complexity index is 1180. The molecule has 3 aromatic rings. The number of ether oxygens (including phenoxy) is 1. The van der Waals surface area contributed by atoms with Crippen molar-refractivity contribution in [2.24, 2.45) is 5.92 Å². The molecule has 1 aromatic heterocycles. The van der Waals surface area contributed by atoms with Crippen LogP contribution in [0.2, 0.25) is 0 Å². The van der Waals surface area contributed by atoms with Gasteiger partial charge in [-0.15, -0.1) is 0 Å². The zero-order valence-corrected chi connectivity index (χ0v) is 20.5. The Hall–Kier alpha value is -3.23. The lowest BCUT2D eigenvalue weighted by atomic mass is 10.0. The van der Waals surface area contributed by atoms with Gasteiger partial charge in [0, 0.05) is 12.7 Å². The van der Waals surface area contributed by atoms with Gasteiger partial charge in [0.1, 0.15) is 18.4 Å². The second kappa shape index (κ2) is 11.8. The lowest BCUT2D eigenvalue weighted by Gasteiger charge is -2.20. The smallest absolute Gasteiger partial charge is 0.241 e. The van der Waals surface area contributed by atoms with Crippen molar-refractivity contribution in [2.75, 3.05) is 0 Å². The van der Waals surface area contributed by atoms with Crippen LogP contribution >= 0.6 is 0 Å². The molecule has 2 aromatic carbocycles. The highest BCUT2D eigenvalue weighted by Gasteiger charge is 2.26. The van der Waals surface area contributed by atoms with E-state index in [0.717, 1.165) is 16.8 Å². The molecular weight excluding hydrogens is 450 g/mol. The highest BCUT2D eigenvalue weighted by atomic mass is 32.2. The van der Waals surface area contributed by atoms with E-state index in [-0.39, 0.29) is 23.3 Å². The Labute approximate surface area is 201 Å². The van der Waals surface area contributed by atoms with Gasteiger partial charge in [0.25, 0.3) is 0 Å². The maximum absolute atomic E-state index is 12.9. The number of benzene rings is 2. The normalized spacial score (nSPS) is 12.4. The summed E-state index contributed by atoms with van der Waals surface area (Å²) >= 11 is 0. The summed E-state index contributed by atoms with van der Waals surface area (Å²) in [5, 5.41) is 2.85. The fraction of sp³-hybridized carbons (Fsp3) is 0.308. The van der Waals surface area contributed by atoms with Gasteiger partial charge < -0.3 is 10.1 Å². The second-order valence-electron chi connectivity index (χ2n) is 8.59. The van der Waals surface area contributed by atoms with Crippen molar-refractivity contribution in [3.63, 3.8) is 0 Å². The zero-order valence-electron chi connectivity index (χ0n) is 19.7. The predicted octanol–water partition coefficient (Wildman–Crippen LogP) is 3.98. The zero-order chi connectivity index (χ0) is 24.6. The third-order valence-corrected chi connectivity index (χ3v) is 6.62. The Morgan fingerprint density at radius 1 is 1.03 bits per heavy atom. The molecule has 1 amide bonds. The van der Waals surface area contributed by atoms with E-state index in [1.807, 2.05) is 63.2 Å². The molecule has 180 valence electrons. The SMILES string of the molecule is Cc1ccc(S(=O)(=O)NC(CC(C)C)C(=O)NCc2cccc(OCc3ccccn3)c2)cc1. The van der Waals surface area contributed by atoms with Gasteiger partial charge in [0.15, 0.2) is 0 Å². The Morgan fingerprint density at radius 3 is 2.47 bits per heavy atom. The Kier molecular flexibility index (Phi) is 8.79. The molecule has 0 aliphatic heterocycles. The molecule has 3 rings (SSSR count). The van der Waals surface area contributed by atoms with Crippen LogP contribution in [0, 0.1) is 12.8 Å². The van der Waals surface area contributed by atoms with E-state index in [0.29, 0.717) is 18.8 Å². The third-order valence-electron chi connectivity index (χ3n) is 5.13. The minimum Gasteiger partial charge on any atom is -0.487 e. The number of aromatic nitrogens is 1. The first-order valence-corrected chi connectivity index (χ1v) is 12.7. The quantitative estimate of drug-likeness (QED) is 0.432. The molecule has 0 spiro atoms. The number of carbonyl (C=O) groups is 1. The molecule has 0 radical (unpaired) electrons. The first-order chi connectivity index (χ1) is 16.2. The van der Waals surface area contributed by atoms with Gasteiger partial charge >= 0.3 is 0 Å². The van der Waals surface area contributed by atoms with E-state index in [4.69, 9.17) is 4.74 Å². The van der Waals surface area contributed by atoms with Crippen LogP contribution in [-0.4, -0.2) is 25.4 Å². The fourth-order valence-corrected chi connectivity index (χ4v) is 4.56. The standard InChI is InChI=1S/C26H31N3O4S/c1-19(2)15-25(29-34(31,32)24-12-10-20(3)11-13-24)26(30)28-17-21-7-6-9-23(16-21)33-18-22-8-4-5-14-27-22/h4-14,16,19,25,29H,15,17-18H2,1-3H3,(H,28,30). The summed E-state index contributed by atoms with van der Waals surface area (Å²) in [4.78, 5) is 17.3. The predicted molar refractivity (Wildman–Crippen MR) is 132 cm³/mol. The van der Waals surface area contributed by atoms with Crippen molar-refractivity contribution < 1.29 is 17.9 Å². The van der Waals surface area contributed by atoms with Gasteiger partial charge in [-0.05, 0) is 61.2 Å². The molecule has 0 saturated carbocycles. The number of nitrogens with zero attached hydrogens (tertiary/aromatic N) is 1. The van der Waals surface area contributed by atoms with Gasteiger partial charge in [-0.2, -0.15) is 4.72 Å². The third kappa shape index (κ3) is 7.67. The van der Waals surface area contributed by atoms with E-state index in [2.05, 4.69) is 15.0 Å². The lowest BCUT2D eigenvalue weighted by molar-refractivity contribution is -0.123. The van der Waals surface area contributed by atoms with Crippen LogP contribution in [0.25, 0.3) is 0 Å². The van der Waals surface area contributed by atoms with Crippen LogP contribution in [0.5, 0.6) is 5.75 Å². The van der Waals surface area contributed by atoms with Crippen molar-refractivity contribution in [2.45, 2.75) is 51.3 Å². The minimum atomic E-state index is -3.83. The number of rotatable bonds is 11. The summed E-state index contributed by atoms with van der Waals surface area (Å²) in [5.41, 5.74) is 2.62. The average molecular weight is 482 g/mol. The molecular formula is C26H31N3O4S. The number of pyridine rings is 1. The summed E-state index contributed by atoms with van der Waals surface area (Å²) < 4.78 is 34.0. The van der Waals surface area contributed by atoms with Gasteiger partial charge in [-0.1, -0.05) is 49.7 Å². The molecule has 8 heteroatoms. The van der Waals surface area contributed by atoms with Crippen molar-refractivity contribution in [3.05, 3.63) is 89.7 Å². The molecule has 0 aliphatic rings. The summed E-state index contributed by atoms with van der Waals surface area (Å²) in [6, 6.07) is 18.7. The lowest BCUT2D eigenvalue weighted by Crippen LogP contribution is -2.47. The molecule has 1 heterocycles. The van der Waals surface area contributed by atoms with Crippen molar-refractivity contribution in [3.8, 4) is 5.75 Å². The van der Waals surface area contributed by atoms with Gasteiger partial charge in [-0.25, -0.2) is 8.42 Å². The molecule has 0 aliphatic carbocycles. The fourth-order valence-electron chi connectivity index (χ4n) is 3.35. The Morgan fingerprint density at radius 2 is 1.79 bits per heavy atom. The number of hydrogen-bond acceptors (Lipinski definition) is 5. The van der Waals surface area contributed by atoms with E-state index in [1.54, 1.807) is 30.5 Å². The number of amides is 1. The van der Waals surface area contributed by atoms with Gasteiger partial charge in [-0.3, -0.25) is 9.78 Å². The number of hydrogen-bond donors (Lipinski definition) is 2. The molecule has 1 unspecified atom stereocenters. The van der Waals surface area contributed by atoms with Crippen LogP contribution < -0.4 is 14.8 Å². The number of carbonyl (C=O) groups excluding carboxylic acids is 1. The first-order valence-electron chi connectivity index (χ1n) is 11.2. The van der Waals surface area contributed by atoms with Gasteiger partial charge in [0.2, 0.25) is 15.9 Å². The number of sulfonamides is 1. The van der Waals surface area contributed by atoms with Crippen LogP contribution in [0.1, 0.15) is 37.1 Å². The second-order valence-corrected chi connectivity index (χ2v) is 10.3. The van der Waals surface area contributed by atoms with E-state index >= 15 is 0 Å². The van der Waals surface area contributed by atoms with E-state index in [1.165, 1.54) is 0 Å². The van der Waals surface area contributed by atoms with Crippen LogP contribution in [0.3, 0.4) is 0 Å². The maximum atomic E-state index is 12.9. The monoisotopic (exact) mass is 481 g/mol. The summed E-state index contributed by atoms with van der Waals surface area (Å²) in [6.07, 6.45) is 2.09. The molecule has 0 fully saturated rings. The van der Waals surface area contributed by atoms with Crippen molar-refractivity contribution in [1.29, 1.82) is 0 Å². The Balaban J connectivity index is 1.62. The summed E-state index contributed by atoms with van der Waals surface area (Å²) in [7, 11) is -3.83. The first kappa shape index (κ1) is 25.4. The van der Waals surface area contributed by atoms with E-state index < -0.39 is 16.1 Å². The molecule has 7 nitrogen and oxygen atoms in total. The molecule has 2 N–H and O–H groups in total. The highest BCUT2D eigenvalue weighted by molar-refractivity contribution is 7.89. The number of nitrogens with one attached hydrogen (secondary N) is 2. The number of aryl methyl sites for hydroxylation is 1. The van der Waals surface area contributed by atoms with E-state index in [9.17, 15) is 13.2 Å². The maximum Gasteiger partial charge on any atom is 0.241 e. The average Bonchev–Trinajstić information content (AvgIpc) is 2.81. The molecule has 0 saturated heterocycles. The van der Waals surface area contributed by atoms with Crippen molar-refractivity contribution >= 4 is 15.9 Å². The van der Waals surface area contributed by atoms with Crippen LogP contribution in [-0.2, 0) is 28.0 Å². The molecule has 0 bridgehead atoms. The van der Waals surface area contributed by atoms with Crippen molar-refractivity contribution in [1.82, 2.24) is 15.0 Å². The summed E-state index contributed by atoms with van der Waals surface area (Å²) in [5.74, 6) is 0.417. The molecule has 34 heavy (non-hydrogen) atoms. The molecule has 1 atom stereocenters. The summed E-state index contributed by atoms with van der Waals surface area (Å²) in [6.45, 7) is 6.37. The largest absolute Gasteiger partial charge is 0.487 e. The van der Waals surface area contributed by atoms with Crippen LogP contribution in [0.4, 0.5) is 0 Å². The highest BCUT2D eigenvalue weighted by Crippen LogP contribution is 2.16. The minimum absolute atomic E-state index is 0.125. The topological polar surface area (TPSA) is 97.4 Å². The van der Waals surface area contributed by atoms with Crippen LogP contribution in [0.15, 0.2) is 77.8 Å².